The van der Waals surface area contributed by atoms with Gasteiger partial charge in [-0.15, -0.1) is 0 Å². The molecule has 98 valence electrons. The van der Waals surface area contributed by atoms with Crippen LogP contribution in [0.2, 0.25) is 0 Å². The van der Waals surface area contributed by atoms with Crippen molar-refractivity contribution in [2.24, 2.45) is 0 Å². The van der Waals surface area contributed by atoms with Gasteiger partial charge in [-0.1, -0.05) is 6.07 Å². The fourth-order valence-corrected chi connectivity index (χ4v) is 1.57. The molecule has 2 rings (SSSR count). The number of carbonyl (C=O) groups excluding carboxylic acids is 1. The SMILES string of the molecule is O=C(c1cccc(F)c1F)c1c(F)cc(F)cc1F. The third-order valence-corrected chi connectivity index (χ3v) is 2.43. The zero-order valence-corrected chi connectivity index (χ0v) is 9.18. The van der Waals surface area contributed by atoms with Gasteiger partial charge in [0.25, 0.3) is 0 Å². The molecular weight excluding hydrogens is 267 g/mol. The van der Waals surface area contributed by atoms with E-state index in [9.17, 15) is 26.7 Å². The molecule has 2 aromatic rings. The Morgan fingerprint density at radius 1 is 0.842 bits per heavy atom. The third kappa shape index (κ3) is 2.33. The van der Waals surface area contributed by atoms with Crippen molar-refractivity contribution in [3.05, 3.63) is 70.5 Å². The van der Waals surface area contributed by atoms with Crippen LogP contribution in [-0.4, -0.2) is 5.78 Å². The summed E-state index contributed by atoms with van der Waals surface area (Å²) in [4.78, 5) is 11.8. The molecule has 0 unspecified atom stereocenters. The van der Waals surface area contributed by atoms with Crippen molar-refractivity contribution < 1.29 is 26.7 Å². The summed E-state index contributed by atoms with van der Waals surface area (Å²) in [6.45, 7) is 0. The van der Waals surface area contributed by atoms with Crippen molar-refractivity contribution in [2.75, 3.05) is 0 Å². The summed E-state index contributed by atoms with van der Waals surface area (Å²) in [6, 6.07) is 3.22. The zero-order chi connectivity index (χ0) is 14.2. The first-order valence-corrected chi connectivity index (χ1v) is 5.05. The van der Waals surface area contributed by atoms with Crippen LogP contribution >= 0.6 is 0 Å². The summed E-state index contributed by atoms with van der Waals surface area (Å²) >= 11 is 0. The lowest BCUT2D eigenvalue weighted by Gasteiger charge is -2.06. The van der Waals surface area contributed by atoms with Crippen molar-refractivity contribution in [3.63, 3.8) is 0 Å². The minimum atomic E-state index is -1.52. The molecule has 0 bridgehead atoms. The maximum atomic E-state index is 13.4. The Morgan fingerprint density at radius 2 is 1.42 bits per heavy atom. The average Bonchev–Trinajstić information content (AvgIpc) is 2.31. The number of rotatable bonds is 2. The molecule has 0 aliphatic rings. The van der Waals surface area contributed by atoms with Gasteiger partial charge in [-0.05, 0) is 12.1 Å². The monoisotopic (exact) mass is 272 g/mol. The van der Waals surface area contributed by atoms with Crippen molar-refractivity contribution in [1.82, 2.24) is 0 Å². The topological polar surface area (TPSA) is 17.1 Å². The van der Waals surface area contributed by atoms with E-state index in [4.69, 9.17) is 0 Å². The quantitative estimate of drug-likeness (QED) is 0.603. The summed E-state index contributed by atoms with van der Waals surface area (Å²) in [5.74, 6) is -8.42. The first-order chi connectivity index (χ1) is 8.91. The highest BCUT2D eigenvalue weighted by Crippen LogP contribution is 2.21. The molecule has 0 saturated heterocycles. The maximum absolute atomic E-state index is 13.4. The van der Waals surface area contributed by atoms with Gasteiger partial charge >= 0.3 is 0 Å². The van der Waals surface area contributed by atoms with E-state index in [2.05, 4.69) is 0 Å². The molecule has 0 aromatic heterocycles. The normalized spacial score (nSPS) is 10.6. The second-order valence-electron chi connectivity index (χ2n) is 3.67. The molecule has 0 atom stereocenters. The van der Waals surface area contributed by atoms with Crippen molar-refractivity contribution in [1.29, 1.82) is 0 Å². The Labute approximate surface area is 104 Å². The van der Waals surface area contributed by atoms with Crippen LogP contribution in [0.25, 0.3) is 0 Å². The second kappa shape index (κ2) is 4.79. The fourth-order valence-electron chi connectivity index (χ4n) is 1.57. The third-order valence-electron chi connectivity index (χ3n) is 2.43. The number of carbonyl (C=O) groups is 1. The fraction of sp³-hybridized carbons (Fsp3) is 0. The highest BCUT2D eigenvalue weighted by atomic mass is 19.2. The minimum absolute atomic E-state index is 0.285. The Bertz CT molecular complexity index is 643. The van der Waals surface area contributed by atoms with Gasteiger partial charge in [0.2, 0.25) is 5.78 Å². The summed E-state index contributed by atoms with van der Waals surface area (Å²) in [5.41, 5.74) is -1.96. The van der Waals surface area contributed by atoms with Crippen LogP contribution in [0.5, 0.6) is 0 Å². The lowest BCUT2D eigenvalue weighted by Crippen LogP contribution is -2.11. The van der Waals surface area contributed by atoms with E-state index in [1.165, 1.54) is 0 Å². The lowest BCUT2D eigenvalue weighted by atomic mass is 10.0. The van der Waals surface area contributed by atoms with Crippen LogP contribution in [0.4, 0.5) is 22.0 Å². The highest BCUT2D eigenvalue weighted by molar-refractivity contribution is 6.09. The van der Waals surface area contributed by atoms with Gasteiger partial charge in [0, 0.05) is 12.1 Å². The maximum Gasteiger partial charge on any atom is 0.201 e. The summed E-state index contributed by atoms with van der Waals surface area (Å²) in [6.07, 6.45) is 0. The summed E-state index contributed by atoms with van der Waals surface area (Å²) in [5, 5.41) is 0. The van der Waals surface area contributed by atoms with E-state index in [1.807, 2.05) is 0 Å². The van der Waals surface area contributed by atoms with Crippen LogP contribution in [0.1, 0.15) is 15.9 Å². The number of ketones is 1. The molecule has 0 heterocycles. The van der Waals surface area contributed by atoms with E-state index in [0.717, 1.165) is 18.2 Å². The Balaban J connectivity index is 2.60. The standard InChI is InChI=1S/C13H5F5O/c14-6-4-9(16)11(10(17)5-6)13(19)7-2-1-3-8(15)12(7)18/h1-5H. The van der Waals surface area contributed by atoms with Crippen LogP contribution in [0.3, 0.4) is 0 Å². The molecule has 0 radical (unpaired) electrons. The molecule has 0 spiro atoms. The molecule has 0 N–H and O–H groups in total. The molecular formula is C13H5F5O. The molecule has 0 fully saturated rings. The van der Waals surface area contributed by atoms with Gasteiger partial charge in [0.15, 0.2) is 11.6 Å². The molecule has 0 saturated carbocycles. The van der Waals surface area contributed by atoms with Crippen molar-refractivity contribution >= 4 is 5.78 Å². The molecule has 0 aliphatic heterocycles. The summed E-state index contributed by atoms with van der Waals surface area (Å²) in [7, 11) is 0. The van der Waals surface area contributed by atoms with Crippen LogP contribution in [-0.2, 0) is 0 Å². The zero-order valence-electron chi connectivity index (χ0n) is 9.18. The van der Waals surface area contributed by atoms with E-state index in [0.29, 0.717) is 0 Å². The Hall–Kier alpha value is -2.24. The minimum Gasteiger partial charge on any atom is -0.288 e. The predicted octanol–water partition coefficient (Wildman–Crippen LogP) is 3.61. The number of hydrogen-bond acceptors (Lipinski definition) is 1. The van der Waals surface area contributed by atoms with Gasteiger partial charge in [-0.25, -0.2) is 22.0 Å². The van der Waals surface area contributed by atoms with Crippen LogP contribution in [0.15, 0.2) is 30.3 Å². The average molecular weight is 272 g/mol. The van der Waals surface area contributed by atoms with E-state index in [-0.39, 0.29) is 12.1 Å². The van der Waals surface area contributed by atoms with E-state index >= 15 is 0 Å². The second-order valence-corrected chi connectivity index (χ2v) is 3.67. The van der Waals surface area contributed by atoms with E-state index < -0.39 is 46.0 Å². The lowest BCUT2D eigenvalue weighted by molar-refractivity contribution is 0.102. The van der Waals surface area contributed by atoms with Gasteiger partial charge in [-0.2, -0.15) is 0 Å². The number of benzene rings is 2. The molecule has 0 amide bonds. The molecule has 6 heteroatoms. The van der Waals surface area contributed by atoms with Gasteiger partial charge < -0.3 is 0 Å². The molecule has 1 nitrogen and oxygen atoms in total. The van der Waals surface area contributed by atoms with Gasteiger partial charge in [0.1, 0.15) is 17.5 Å². The first-order valence-electron chi connectivity index (χ1n) is 5.05. The van der Waals surface area contributed by atoms with Crippen LogP contribution < -0.4 is 0 Å². The smallest absolute Gasteiger partial charge is 0.201 e. The predicted molar refractivity (Wildman–Crippen MR) is 56.1 cm³/mol. The van der Waals surface area contributed by atoms with E-state index in [1.54, 1.807) is 0 Å². The Morgan fingerprint density at radius 3 is 2.00 bits per heavy atom. The molecule has 19 heavy (non-hydrogen) atoms. The Kier molecular flexibility index (Phi) is 3.33. The van der Waals surface area contributed by atoms with Crippen molar-refractivity contribution in [2.45, 2.75) is 0 Å². The van der Waals surface area contributed by atoms with Gasteiger partial charge in [0.05, 0.1) is 11.1 Å². The largest absolute Gasteiger partial charge is 0.288 e. The molecule has 0 aliphatic carbocycles. The molecule has 2 aromatic carbocycles. The number of hydrogen-bond donors (Lipinski definition) is 0. The highest BCUT2D eigenvalue weighted by Gasteiger charge is 2.24. The number of halogens is 5. The van der Waals surface area contributed by atoms with Gasteiger partial charge in [-0.3, -0.25) is 4.79 Å². The first kappa shape index (κ1) is 13.2. The van der Waals surface area contributed by atoms with Crippen molar-refractivity contribution in [3.8, 4) is 0 Å². The van der Waals surface area contributed by atoms with Crippen LogP contribution in [0, 0.1) is 29.1 Å². The summed E-state index contributed by atoms with van der Waals surface area (Å²) < 4.78 is 65.7.